The Bertz CT molecular complexity index is 508. The molecule has 0 aliphatic carbocycles. The van der Waals surface area contributed by atoms with Crippen LogP contribution in [0.3, 0.4) is 0 Å². The van der Waals surface area contributed by atoms with Gasteiger partial charge in [0.15, 0.2) is 0 Å². The third-order valence-electron chi connectivity index (χ3n) is 3.65. The molecule has 0 radical (unpaired) electrons. The first-order valence-electron chi connectivity index (χ1n) is 6.80. The number of hydrogen-bond acceptors (Lipinski definition) is 4. The molecular formula is C14H19FN2O3S. The molecule has 7 heteroatoms. The summed E-state index contributed by atoms with van der Waals surface area (Å²) < 4.78 is 18.7. The zero-order valence-corrected chi connectivity index (χ0v) is 12.9. The van der Waals surface area contributed by atoms with Crippen LogP contribution in [0, 0.1) is 0 Å². The van der Waals surface area contributed by atoms with Crippen molar-refractivity contribution in [3.63, 3.8) is 0 Å². The molecule has 1 saturated heterocycles. The molecule has 2 amide bonds. The molecule has 0 saturated carbocycles. The number of hydrogen-bond donors (Lipinski definition) is 1. The van der Waals surface area contributed by atoms with Crippen LogP contribution in [0.1, 0.15) is 24.1 Å². The number of nitrogens with one attached hydrogen (secondary N) is 1. The van der Waals surface area contributed by atoms with Crippen LogP contribution < -0.4 is 5.32 Å². The molecule has 1 fully saturated rings. The molecule has 1 aliphatic rings. The highest BCUT2D eigenvalue weighted by Gasteiger charge is 2.47. The fourth-order valence-electron chi connectivity index (χ4n) is 2.32. The molecule has 0 aromatic carbocycles. The lowest BCUT2D eigenvalue weighted by Crippen LogP contribution is -2.44. The second-order valence-electron chi connectivity index (χ2n) is 5.23. The molecule has 21 heavy (non-hydrogen) atoms. The molecule has 0 bridgehead atoms. The maximum absolute atomic E-state index is 14.2. The monoisotopic (exact) mass is 314 g/mol. The fourth-order valence-corrected chi connectivity index (χ4v) is 3.11. The highest BCUT2D eigenvalue weighted by atomic mass is 32.1. The summed E-state index contributed by atoms with van der Waals surface area (Å²) in [5.74, 6) is -0.711. The van der Waals surface area contributed by atoms with Gasteiger partial charge in [0, 0.05) is 30.3 Å². The van der Waals surface area contributed by atoms with Crippen molar-refractivity contribution in [2.24, 2.45) is 0 Å². The van der Waals surface area contributed by atoms with Crippen LogP contribution >= 0.6 is 11.3 Å². The number of amides is 2. The summed E-state index contributed by atoms with van der Waals surface area (Å²) in [6.45, 7) is 2.46. The Morgan fingerprint density at radius 3 is 3.00 bits per heavy atom. The summed E-state index contributed by atoms with van der Waals surface area (Å²) in [7, 11) is 1.15. The molecule has 5 nitrogen and oxygen atoms in total. The van der Waals surface area contributed by atoms with Crippen molar-refractivity contribution in [1.82, 2.24) is 10.2 Å². The topological polar surface area (TPSA) is 58.6 Å². The predicted molar refractivity (Wildman–Crippen MR) is 78.2 cm³/mol. The van der Waals surface area contributed by atoms with Crippen molar-refractivity contribution in [2.45, 2.75) is 24.9 Å². The first-order chi connectivity index (χ1) is 9.96. The lowest BCUT2D eigenvalue weighted by Gasteiger charge is -2.20. The number of thiophene rings is 1. The normalized spacial score (nSPS) is 22.9. The van der Waals surface area contributed by atoms with Gasteiger partial charge in [0.25, 0.3) is 0 Å². The number of nitrogens with zero attached hydrogens (tertiary/aromatic N) is 1. The SMILES string of the molecule is COC(=O)[C@]1(F)CCN(C(=O)NC[C@H](C)c2cccs2)C1. The minimum atomic E-state index is -2.08. The van der Waals surface area contributed by atoms with Gasteiger partial charge in [-0.25, -0.2) is 14.0 Å². The maximum Gasteiger partial charge on any atom is 0.345 e. The van der Waals surface area contributed by atoms with Crippen LogP contribution in [0.4, 0.5) is 9.18 Å². The van der Waals surface area contributed by atoms with Crippen LogP contribution in [0.5, 0.6) is 0 Å². The predicted octanol–water partition coefficient (Wildman–Crippen LogP) is 2.15. The molecular weight excluding hydrogens is 295 g/mol. The van der Waals surface area contributed by atoms with E-state index in [0.29, 0.717) is 6.54 Å². The molecule has 2 heterocycles. The van der Waals surface area contributed by atoms with E-state index in [1.165, 1.54) is 9.78 Å². The van der Waals surface area contributed by atoms with Gasteiger partial charge in [0.2, 0.25) is 5.67 Å². The van der Waals surface area contributed by atoms with Gasteiger partial charge in [0.1, 0.15) is 0 Å². The molecule has 2 atom stereocenters. The summed E-state index contributed by atoms with van der Waals surface area (Å²) in [4.78, 5) is 25.9. The number of halogens is 1. The van der Waals surface area contributed by atoms with Crippen LogP contribution in [-0.4, -0.2) is 49.3 Å². The van der Waals surface area contributed by atoms with Crippen molar-refractivity contribution in [2.75, 3.05) is 26.7 Å². The lowest BCUT2D eigenvalue weighted by atomic mass is 10.1. The number of esters is 1. The van der Waals surface area contributed by atoms with Gasteiger partial charge in [0.05, 0.1) is 13.7 Å². The number of carbonyl (C=O) groups is 2. The first kappa shape index (κ1) is 15.8. The van der Waals surface area contributed by atoms with Gasteiger partial charge in [-0.05, 0) is 11.4 Å². The van der Waals surface area contributed by atoms with Gasteiger partial charge >= 0.3 is 12.0 Å². The standard InChI is InChI=1S/C14H19FN2O3S/c1-10(11-4-3-7-21-11)8-16-13(19)17-6-5-14(15,9-17)12(18)20-2/h3-4,7,10H,5-6,8-9H2,1-2H3,(H,16,19)/t10-,14-/m0/s1. The van der Waals surface area contributed by atoms with Gasteiger partial charge in [-0.1, -0.05) is 13.0 Å². The van der Waals surface area contributed by atoms with E-state index in [4.69, 9.17) is 0 Å². The van der Waals surface area contributed by atoms with E-state index in [9.17, 15) is 14.0 Å². The van der Waals surface area contributed by atoms with Crippen LogP contribution in [0.2, 0.25) is 0 Å². The Labute approximate surface area is 127 Å². The molecule has 1 aromatic heterocycles. The number of likely N-dealkylation sites (tertiary alicyclic amines) is 1. The van der Waals surface area contributed by atoms with Gasteiger partial charge < -0.3 is 15.0 Å². The Kier molecular flexibility index (Phi) is 4.82. The second-order valence-corrected chi connectivity index (χ2v) is 6.21. The first-order valence-corrected chi connectivity index (χ1v) is 7.68. The van der Waals surface area contributed by atoms with E-state index in [1.807, 2.05) is 24.4 Å². The minimum Gasteiger partial charge on any atom is -0.467 e. The van der Waals surface area contributed by atoms with E-state index in [0.717, 1.165) is 7.11 Å². The van der Waals surface area contributed by atoms with Crippen LogP contribution in [-0.2, 0) is 9.53 Å². The van der Waals surface area contributed by atoms with Crippen molar-refractivity contribution in [3.8, 4) is 0 Å². The van der Waals surface area contributed by atoms with Crippen LogP contribution in [0.15, 0.2) is 17.5 Å². The quantitative estimate of drug-likeness (QED) is 0.866. The average molecular weight is 314 g/mol. The Hall–Kier alpha value is -1.63. The largest absolute Gasteiger partial charge is 0.467 e. The van der Waals surface area contributed by atoms with Gasteiger partial charge in [-0.15, -0.1) is 11.3 Å². The average Bonchev–Trinajstić information content (AvgIpc) is 3.13. The minimum absolute atomic E-state index is 0.0203. The van der Waals surface area contributed by atoms with Crippen molar-refractivity contribution in [1.29, 1.82) is 0 Å². The molecule has 116 valence electrons. The van der Waals surface area contributed by atoms with E-state index >= 15 is 0 Å². The summed E-state index contributed by atoms with van der Waals surface area (Å²) in [5.41, 5.74) is -2.08. The smallest absolute Gasteiger partial charge is 0.345 e. The zero-order valence-electron chi connectivity index (χ0n) is 12.1. The number of carbonyl (C=O) groups excluding carboxylic acids is 2. The zero-order chi connectivity index (χ0) is 15.5. The van der Waals surface area contributed by atoms with Crippen LogP contribution in [0.25, 0.3) is 0 Å². The number of urea groups is 1. The summed E-state index contributed by atoms with van der Waals surface area (Å²) in [6.07, 6.45) is -0.0203. The summed E-state index contributed by atoms with van der Waals surface area (Å²) in [6, 6.07) is 3.63. The number of alkyl halides is 1. The van der Waals surface area contributed by atoms with Crippen molar-refractivity contribution >= 4 is 23.3 Å². The summed E-state index contributed by atoms with van der Waals surface area (Å²) in [5, 5.41) is 4.77. The fraction of sp³-hybridized carbons (Fsp3) is 0.571. The molecule has 1 aliphatic heterocycles. The van der Waals surface area contributed by atoms with Crippen molar-refractivity contribution in [3.05, 3.63) is 22.4 Å². The Balaban J connectivity index is 1.84. The summed E-state index contributed by atoms with van der Waals surface area (Å²) >= 11 is 1.64. The Morgan fingerprint density at radius 2 is 2.38 bits per heavy atom. The van der Waals surface area contributed by atoms with Crippen molar-refractivity contribution < 1.29 is 18.7 Å². The Morgan fingerprint density at radius 1 is 1.62 bits per heavy atom. The third kappa shape index (κ3) is 3.53. The highest BCUT2D eigenvalue weighted by molar-refractivity contribution is 7.10. The number of ether oxygens (including phenoxy) is 1. The van der Waals surface area contributed by atoms with E-state index in [2.05, 4.69) is 10.1 Å². The molecule has 0 unspecified atom stereocenters. The molecule has 0 spiro atoms. The molecule has 1 N–H and O–H groups in total. The lowest BCUT2D eigenvalue weighted by molar-refractivity contribution is -0.153. The third-order valence-corrected chi connectivity index (χ3v) is 4.75. The van der Waals surface area contributed by atoms with E-state index < -0.39 is 11.6 Å². The highest BCUT2D eigenvalue weighted by Crippen LogP contribution is 2.27. The number of methoxy groups -OCH3 is 1. The second kappa shape index (κ2) is 6.43. The van der Waals surface area contributed by atoms with E-state index in [-0.39, 0.29) is 31.5 Å². The van der Waals surface area contributed by atoms with E-state index in [1.54, 1.807) is 11.3 Å². The molecule has 1 aromatic rings. The van der Waals surface area contributed by atoms with Gasteiger partial charge in [-0.2, -0.15) is 0 Å². The maximum atomic E-state index is 14.2. The number of rotatable bonds is 4. The van der Waals surface area contributed by atoms with Gasteiger partial charge in [-0.3, -0.25) is 0 Å². The molecule has 2 rings (SSSR count).